The Morgan fingerprint density at radius 1 is 1.25 bits per heavy atom. The fourth-order valence-corrected chi connectivity index (χ4v) is 1.65. The minimum absolute atomic E-state index is 0.0775. The first kappa shape index (κ1) is 10.4. The summed E-state index contributed by atoms with van der Waals surface area (Å²) in [6.07, 6.45) is 0. The van der Waals surface area contributed by atoms with Gasteiger partial charge in [0.05, 0.1) is 17.7 Å². The summed E-state index contributed by atoms with van der Waals surface area (Å²) in [7, 11) is 0. The molecule has 2 amide bonds. The van der Waals surface area contributed by atoms with Gasteiger partial charge in [-0.3, -0.25) is 9.59 Å². The average molecular weight is 217 g/mol. The van der Waals surface area contributed by atoms with Gasteiger partial charge < -0.3 is 4.74 Å². The molecule has 1 aromatic rings. The zero-order valence-electron chi connectivity index (χ0n) is 8.90. The van der Waals surface area contributed by atoms with E-state index >= 15 is 0 Å². The molecular weight excluding hydrogens is 206 g/mol. The number of hydrogen-bond acceptors (Lipinski definition) is 3. The molecule has 1 heterocycles. The Morgan fingerprint density at radius 3 is 2.19 bits per heavy atom. The first-order valence-electron chi connectivity index (χ1n) is 4.96. The lowest BCUT2D eigenvalue weighted by Crippen LogP contribution is -2.29. The summed E-state index contributed by atoms with van der Waals surface area (Å²) in [5.41, 5.74) is 0.793. The lowest BCUT2D eigenvalue weighted by atomic mass is 10.1. The van der Waals surface area contributed by atoms with Gasteiger partial charge in [0.1, 0.15) is 0 Å². The van der Waals surface area contributed by atoms with Crippen LogP contribution in [-0.2, 0) is 4.74 Å². The topological polar surface area (TPSA) is 46.6 Å². The van der Waals surface area contributed by atoms with E-state index in [-0.39, 0.29) is 17.7 Å². The fraction of sp³-hybridized carbons (Fsp3) is 0.167. The van der Waals surface area contributed by atoms with Gasteiger partial charge in [-0.05, 0) is 25.6 Å². The molecule has 0 bridgehead atoms. The van der Waals surface area contributed by atoms with Crippen molar-refractivity contribution in [1.29, 1.82) is 0 Å². The summed E-state index contributed by atoms with van der Waals surface area (Å²) in [5, 5.41) is 0. The van der Waals surface area contributed by atoms with E-state index in [1.165, 1.54) is 0 Å². The normalized spacial score (nSPS) is 13.9. The predicted molar refractivity (Wildman–Crippen MR) is 57.7 cm³/mol. The van der Waals surface area contributed by atoms with Gasteiger partial charge in [-0.2, -0.15) is 0 Å². The van der Waals surface area contributed by atoms with Gasteiger partial charge >= 0.3 is 0 Å². The van der Waals surface area contributed by atoms with Gasteiger partial charge in [-0.1, -0.05) is 12.1 Å². The highest BCUT2D eigenvalue weighted by atomic mass is 16.5. The van der Waals surface area contributed by atoms with Gasteiger partial charge in [0, 0.05) is 0 Å². The molecule has 2 rings (SSSR count). The maximum Gasteiger partial charge on any atom is 0.268 e. The first-order chi connectivity index (χ1) is 7.66. The number of imide groups is 1. The molecule has 0 aromatic heterocycles. The van der Waals surface area contributed by atoms with Crippen LogP contribution in [0, 0.1) is 0 Å². The van der Waals surface area contributed by atoms with Crippen molar-refractivity contribution in [3.05, 3.63) is 47.9 Å². The van der Waals surface area contributed by atoms with E-state index in [1.807, 2.05) is 0 Å². The monoisotopic (exact) mass is 217 g/mol. The Kier molecular flexibility index (Phi) is 2.48. The summed E-state index contributed by atoms with van der Waals surface area (Å²) >= 11 is 0. The highest BCUT2D eigenvalue weighted by Gasteiger charge is 2.37. The number of amides is 2. The van der Waals surface area contributed by atoms with Crippen molar-refractivity contribution in [1.82, 2.24) is 4.90 Å². The minimum atomic E-state index is -0.376. The van der Waals surface area contributed by atoms with E-state index in [0.29, 0.717) is 17.7 Å². The van der Waals surface area contributed by atoms with Crippen LogP contribution >= 0.6 is 0 Å². The predicted octanol–water partition coefficient (Wildman–Crippen LogP) is 1.79. The zero-order chi connectivity index (χ0) is 11.7. The van der Waals surface area contributed by atoms with Crippen molar-refractivity contribution >= 4 is 11.8 Å². The number of rotatable bonds is 3. The Morgan fingerprint density at radius 2 is 1.75 bits per heavy atom. The molecule has 0 aliphatic carbocycles. The van der Waals surface area contributed by atoms with Gasteiger partial charge in [-0.15, -0.1) is 0 Å². The molecule has 0 saturated heterocycles. The molecule has 4 heteroatoms. The van der Waals surface area contributed by atoms with Crippen LogP contribution in [0.3, 0.4) is 0 Å². The zero-order valence-corrected chi connectivity index (χ0v) is 8.90. The largest absolute Gasteiger partial charge is 0.479 e. The molecule has 0 fully saturated rings. The standard InChI is InChI=1S/C12H11NO3/c1-3-16-8(2)13-11(14)9-6-4-5-7-10(9)12(13)15/h4-7H,2-3H2,1H3. The number of fused-ring (bicyclic) bond motifs is 1. The summed E-state index contributed by atoms with van der Waals surface area (Å²) < 4.78 is 5.09. The Hall–Kier alpha value is -2.10. The van der Waals surface area contributed by atoms with Gasteiger partial charge in [0.15, 0.2) is 5.88 Å². The van der Waals surface area contributed by atoms with Crippen LogP contribution in [0.1, 0.15) is 27.6 Å². The third kappa shape index (κ3) is 1.39. The number of carbonyl (C=O) groups excluding carboxylic acids is 2. The van der Waals surface area contributed by atoms with E-state index in [9.17, 15) is 9.59 Å². The van der Waals surface area contributed by atoms with Crippen molar-refractivity contribution < 1.29 is 14.3 Å². The summed E-state index contributed by atoms with van der Waals surface area (Å²) in [6, 6.07) is 6.68. The highest BCUT2D eigenvalue weighted by Crippen LogP contribution is 2.25. The van der Waals surface area contributed by atoms with Crippen LogP contribution in [0.25, 0.3) is 0 Å². The van der Waals surface area contributed by atoms with Crippen LogP contribution in [0.2, 0.25) is 0 Å². The molecule has 0 unspecified atom stereocenters. The lowest BCUT2D eigenvalue weighted by molar-refractivity contribution is 0.0562. The maximum absolute atomic E-state index is 11.9. The van der Waals surface area contributed by atoms with Crippen LogP contribution in [0.5, 0.6) is 0 Å². The van der Waals surface area contributed by atoms with E-state index in [1.54, 1.807) is 31.2 Å². The van der Waals surface area contributed by atoms with E-state index in [0.717, 1.165) is 4.90 Å². The summed E-state index contributed by atoms with van der Waals surface area (Å²) in [5.74, 6) is -0.674. The van der Waals surface area contributed by atoms with Crippen molar-refractivity contribution in [2.24, 2.45) is 0 Å². The van der Waals surface area contributed by atoms with Gasteiger partial charge in [0.2, 0.25) is 0 Å². The molecule has 0 N–H and O–H groups in total. The third-order valence-corrected chi connectivity index (χ3v) is 2.35. The molecule has 1 aromatic carbocycles. The number of carbonyl (C=O) groups is 2. The van der Waals surface area contributed by atoms with Gasteiger partial charge in [0.25, 0.3) is 11.8 Å². The lowest BCUT2D eigenvalue weighted by Gasteiger charge is -2.15. The average Bonchev–Trinajstić information content (AvgIpc) is 2.53. The van der Waals surface area contributed by atoms with Crippen LogP contribution in [-0.4, -0.2) is 23.3 Å². The molecule has 82 valence electrons. The van der Waals surface area contributed by atoms with Crippen LogP contribution < -0.4 is 0 Å². The molecule has 4 nitrogen and oxygen atoms in total. The number of ether oxygens (including phenoxy) is 1. The first-order valence-corrected chi connectivity index (χ1v) is 4.96. The summed E-state index contributed by atoms with van der Waals surface area (Å²) in [6.45, 7) is 5.71. The molecule has 0 atom stereocenters. The maximum atomic E-state index is 11.9. The number of nitrogens with zero attached hydrogens (tertiary/aromatic N) is 1. The Bertz CT molecular complexity index is 444. The molecule has 0 radical (unpaired) electrons. The molecule has 0 saturated carbocycles. The molecular formula is C12H11NO3. The SMILES string of the molecule is C=C(OCC)N1C(=O)c2ccccc2C1=O. The van der Waals surface area contributed by atoms with Crippen LogP contribution in [0.15, 0.2) is 36.7 Å². The molecule has 1 aliphatic heterocycles. The smallest absolute Gasteiger partial charge is 0.268 e. The van der Waals surface area contributed by atoms with E-state index in [4.69, 9.17) is 4.74 Å². The van der Waals surface area contributed by atoms with Crippen molar-refractivity contribution in [2.75, 3.05) is 6.61 Å². The second kappa shape index (κ2) is 3.81. The van der Waals surface area contributed by atoms with Crippen LogP contribution in [0.4, 0.5) is 0 Å². The fourth-order valence-electron chi connectivity index (χ4n) is 1.65. The number of hydrogen-bond donors (Lipinski definition) is 0. The van der Waals surface area contributed by atoms with E-state index < -0.39 is 0 Å². The second-order valence-electron chi connectivity index (χ2n) is 3.32. The minimum Gasteiger partial charge on any atom is -0.479 e. The van der Waals surface area contributed by atoms with Crippen molar-refractivity contribution in [3.63, 3.8) is 0 Å². The number of benzene rings is 1. The highest BCUT2D eigenvalue weighted by molar-refractivity contribution is 6.22. The van der Waals surface area contributed by atoms with E-state index in [2.05, 4.69) is 6.58 Å². The summed E-state index contributed by atoms with van der Waals surface area (Å²) in [4.78, 5) is 24.7. The van der Waals surface area contributed by atoms with Gasteiger partial charge in [-0.25, -0.2) is 4.90 Å². The second-order valence-corrected chi connectivity index (χ2v) is 3.32. The molecule has 0 spiro atoms. The Balaban J connectivity index is 2.39. The molecule has 1 aliphatic rings. The molecule has 16 heavy (non-hydrogen) atoms. The van der Waals surface area contributed by atoms with Crippen molar-refractivity contribution in [3.8, 4) is 0 Å². The van der Waals surface area contributed by atoms with Crippen molar-refractivity contribution in [2.45, 2.75) is 6.92 Å². The Labute approximate surface area is 93.1 Å². The quantitative estimate of drug-likeness (QED) is 0.572. The third-order valence-electron chi connectivity index (χ3n) is 2.35.